The maximum atomic E-state index is 13.3. The lowest BCUT2D eigenvalue weighted by molar-refractivity contribution is -0.146. The van der Waals surface area contributed by atoms with Crippen molar-refractivity contribution >= 4 is 35.1 Å². The Morgan fingerprint density at radius 2 is 1.88 bits per heavy atom. The van der Waals surface area contributed by atoms with Crippen molar-refractivity contribution in [2.45, 2.75) is 19.8 Å². The summed E-state index contributed by atoms with van der Waals surface area (Å²) in [6, 6.07) is 4.77. The number of halogens is 2. The molecule has 12 heteroatoms. The van der Waals surface area contributed by atoms with Crippen molar-refractivity contribution in [3.05, 3.63) is 53.6 Å². The van der Waals surface area contributed by atoms with Crippen molar-refractivity contribution in [3.63, 3.8) is 0 Å². The highest BCUT2D eigenvalue weighted by Crippen LogP contribution is 2.27. The lowest BCUT2D eigenvalue weighted by Gasteiger charge is -2.32. The fourth-order valence-corrected chi connectivity index (χ4v) is 3.71. The van der Waals surface area contributed by atoms with E-state index < -0.39 is 17.5 Å². The molecule has 4 rings (SSSR count). The smallest absolute Gasteiger partial charge is 0.320 e. The Bertz CT molecular complexity index is 1210. The first-order valence-corrected chi connectivity index (χ1v) is 10.5. The van der Waals surface area contributed by atoms with Crippen LogP contribution in [0.5, 0.6) is 0 Å². The number of nitrogens with one attached hydrogen (secondary N) is 2. The summed E-state index contributed by atoms with van der Waals surface area (Å²) >= 11 is 0. The second kappa shape index (κ2) is 9.81. The molecular formula is C22H22F2N6O4. The van der Waals surface area contributed by atoms with Crippen molar-refractivity contribution < 1.29 is 27.5 Å². The maximum Gasteiger partial charge on any atom is 0.320 e. The van der Waals surface area contributed by atoms with E-state index in [1.54, 1.807) is 6.07 Å². The summed E-state index contributed by atoms with van der Waals surface area (Å²) in [5, 5.41) is 12.6. The van der Waals surface area contributed by atoms with Gasteiger partial charge in [-0.25, -0.2) is 13.8 Å². The van der Waals surface area contributed by atoms with E-state index in [9.17, 15) is 18.4 Å². The third-order valence-corrected chi connectivity index (χ3v) is 5.43. The topological polar surface area (TPSA) is 122 Å². The molecule has 1 amide bonds. The number of carbonyl (C=O) groups is 2. The van der Waals surface area contributed by atoms with Crippen molar-refractivity contribution in [2.24, 2.45) is 5.92 Å². The molecule has 178 valence electrons. The summed E-state index contributed by atoms with van der Waals surface area (Å²) in [5.74, 6) is -2.52. The van der Waals surface area contributed by atoms with Gasteiger partial charge in [0, 0.05) is 24.8 Å². The summed E-state index contributed by atoms with van der Waals surface area (Å²) in [6.45, 7) is 3.23. The molecule has 0 bridgehead atoms. The number of amides is 1. The number of hydrogen-bond acceptors (Lipinski definition) is 9. The summed E-state index contributed by atoms with van der Waals surface area (Å²) in [4.78, 5) is 30.7. The fraction of sp³-hybridized carbons (Fsp3) is 0.318. The molecule has 1 fully saturated rings. The number of hydrogen-bond donors (Lipinski definition) is 2. The predicted molar refractivity (Wildman–Crippen MR) is 118 cm³/mol. The van der Waals surface area contributed by atoms with E-state index in [2.05, 4.69) is 30.7 Å². The Kier molecular flexibility index (Phi) is 6.66. The normalized spacial score (nSPS) is 14.1. The quantitative estimate of drug-likeness (QED) is 0.520. The molecule has 10 nitrogen and oxygen atoms in total. The molecule has 34 heavy (non-hydrogen) atoms. The van der Waals surface area contributed by atoms with Gasteiger partial charge in [0.15, 0.2) is 11.6 Å². The largest absolute Gasteiger partial charge is 0.469 e. The Labute approximate surface area is 193 Å². The predicted octanol–water partition coefficient (Wildman–Crippen LogP) is 3.44. The van der Waals surface area contributed by atoms with Crippen molar-refractivity contribution in [3.8, 4) is 0 Å². The summed E-state index contributed by atoms with van der Waals surface area (Å²) in [6.07, 6.45) is 2.89. The summed E-state index contributed by atoms with van der Waals surface area (Å²) < 4.78 is 36.4. The second-order valence-corrected chi connectivity index (χ2v) is 7.77. The van der Waals surface area contributed by atoms with Gasteiger partial charge in [-0.2, -0.15) is 0 Å². The average molecular weight is 472 g/mol. The van der Waals surface area contributed by atoms with Crippen molar-refractivity contribution in [1.82, 2.24) is 15.2 Å². The molecule has 0 spiro atoms. The van der Waals surface area contributed by atoms with E-state index in [1.165, 1.54) is 19.4 Å². The van der Waals surface area contributed by atoms with Gasteiger partial charge in [0.2, 0.25) is 0 Å². The van der Waals surface area contributed by atoms with Gasteiger partial charge < -0.3 is 24.7 Å². The Balaban J connectivity index is 1.37. The van der Waals surface area contributed by atoms with Gasteiger partial charge in [-0.3, -0.25) is 9.59 Å². The van der Waals surface area contributed by atoms with Crippen LogP contribution in [0, 0.1) is 24.5 Å². The molecule has 0 unspecified atom stereocenters. The number of piperidine rings is 1. The van der Waals surface area contributed by atoms with Crippen LogP contribution in [0.15, 0.2) is 34.9 Å². The number of pyridine rings is 1. The monoisotopic (exact) mass is 472 g/mol. The van der Waals surface area contributed by atoms with Crippen LogP contribution < -0.4 is 15.5 Å². The van der Waals surface area contributed by atoms with Crippen LogP contribution in [0.2, 0.25) is 0 Å². The number of rotatable bonds is 6. The van der Waals surface area contributed by atoms with Gasteiger partial charge in [-0.15, -0.1) is 5.10 Å². The first-order valence-electron chi connectivity index (χ1n) is 10.5. The Morgan fingerprint density at radius 3 is 2.56 bits per heavy atom. The lowest BCUT2D eigenvalue weighted by Crippen LogP contribution is -2.37. The van der Waals surface area contributed by atoms with Gasteiger partial charge in [-0.05, 0) is 43.5 Å². The highest BCUT2D eigenvalue weighted by Gasteiger charge is 2.27. The van der Waals surface area contributed by atoms with Crippen LogP contribution in [-0.4, -0.2) is 47.3 Å². The number of carbonyl (C=O) groups excluding carboxylic acids is 2. The van der Waals surface area contributed by atoms with E-state index in [-0.39, 0.29) is 29.5 Å². The number of nitrogens with zero attached hydrogens (tertiary/aromatic N) is 4. The Hall–Kier alpha value is -4.09. The second-order valence-electron chi connectivity index (χ2n) is 7.77. The minimum atomic E-state index is -1.04. The average Bonchev–Trinajstić information content (AvgIpc) is 3.30. The SMILES string of the molecule is COC(=O)C1CCN(c2ncc(NC(=O)c3nnc(Nc4ccc(F)c(F)c4)o3)cc2C)CC1. The van der Waals surface area contributed by atoms with Crippen molar-refractivity contribution in [1.29, 1.82) is 0 Å². The molecule has 0 aliphatic carbocycles. The van der Waals surface area contributed by atoms with Gasteiger partial charge in [-0.1, -0.05) is 5.10 Å². The number of aryl methyl sites for hydroxylation is 1. The molecular weight excluding hydrogens is 450 g/mol. The number of esters is 1. The van der Waals surface area contributed by atoms with Gasteiger partial charge in [0.1, 0.15) is 5.82 Å². The third kappa shape index (κ3) is 5.11. The van der Waals surface area contributed by atoms with E-state index in [4.69, 9.17) is 9.15 Å². The van der Waals surface area contributed by atoms with Crippen molar-refractivity contribution in [2.75, 3.05) is 35.7 Å². The lowest BCUT2D eigenvalue weighted by atomic mass is 9.97. The zero-order chi connectivity index (χ0) is 24.2. The molecule has 1 saturated heterocycles. The molecule has 3 aromatic rings. The first kappa shape index (κ1) is 23.1. The summed E-state index contributed by atoms with van der Waals surface area (Å²) in [5.41, 5.74) is 1.46. The standard InChI is InChI=1S/C22H22F2N6O4/c1-12-9-15(11-25-18(12)30-7-5-13(6-8-30)21(32)33-2)26-19(31)20-28-29-22(34-20)27-14-3-4-16(23)17(24)10-14/h3-4,9-11,13H,5-8H2,1-2H3,(H,26,31)(H,27,29). The molecule has 1 aromatic carbocycles. The zero-order valence-electron chi connectivity index (χ0n) is 18.5. The highest BCUT2D eigenvalue weighted by molar-refractivity contribution is 6.01. The number of aromatic nitrogens is 3. The van der Waals surface area contributed by atoms with Gasteiger partial charge in [0.25, 0.3) is 0 Å². The number of ether oxygens (including phenoxy) is 1. The zero-order valence-corrected chi connectivity index (χ0v) is 18.5. The molecule has 1 aliphatic heterocycles. The third-order valence-electron chi connectivity index (χ3n) is 5.43. The van der Waals surface area contributed by atoms with Gasteiger partial charge in [0.05, 0.1) is 24.9 Å². The van der Waals surface area contributed by atoms with Gasteiger partial charge >= 0.3 is 23.8 Å². The first-order chi connectivity index (χ1) is 16.3. The van der Waals surface area contributed by atoms with Crippen LogP contribution in [-0.2, 0) is 9.53 Å². The molecule has 1 aliphatic rings. The van der Waals surface area contributed by atoms with E-state index >= 15 is 0 Å². The molecule has 0 saturated carbocycles. The number of benzene rings is 1. The highest BCUT2D eigenvalue weighted by atomic mass is 19.2. The number of methoxy groups -OCH3 is 1. The molecule has 2 N–H and O–H groups in total. The minimum absolute atomic E-state index is 0.101. The van der Waals surface area contributed by atoms with Crippen LogP contribution in [0.1, 0.15) is 29.1 Å². The maximum absolute atomic E-state index is 13.3. The molecule has 0 atom stereocenters. The van der Waals surface area contributed by atoms with Crippen LogP contribution in [0.25, 0.3) is 0 Å². The fourth-order valence-electron chi connectivity index (χ4n) is 3.71. The molecule has 3 heterocycles. The van der Waals surface area contributed by atoms with E-state index in [0.29, 0.717) is 31.6 Å². The van der Waals surface area contributed by atoms with Crippen LogP contribution >= 0.6 is 0 Å². The minimum Gasteiger partial charge on any atom is -0.469 e. The van der Waals surface area contributed by atoms with Crippen LogP contribution in [0.4, 0.5) is 32.0 Å². The summed E-state index contributed by atoms with van der Waals surface area (Å²) in [7, 11) is 1.39. The Morgan fingerprint density at radius 1 is 1.12 bits per heavy atom. The van der Waals surface area contributed by atoms with E-state index in [0.717, 1.165) is 23.5 Å². The van der Waals surface area contributed by atoms with Crippen LogP contribution in [0.3, 0.4) is 0 Å². The molecule has 2 aromatic heterocycles. The molecule has 0 radical (unpaired) electrons. The number of anilines is 4. The van der Waals surface area contributed by atoms with E-state index in [1.807, 2.05) is 6.92 Å².